The summed E-state index contributed by atoms with van der Waals surface area (Å²) in [5, 5.41) is 0.678. The van der Waals surface area contributed by atoms with Crippen molar-refractivity contribution in [3.05, 3.63) is 86.0 Å². The van der Waals surface area contributed by atoms with E-state index in [0.29, 0.717) is 11.4 Å². The first kappa shape index (κ1) is 22.7. The van der Waals surface area contributed by atoms with Gasteiger partial charge in [-0.15, -0.1) is 11.8 Å². The van der Waals surface area contributed by atoms with E-state index in [4.69, 9.17) is 17.3 Å². The van der Waals surface area contributed by atoms with Crippen molar-refractivity contribution in [3.8, 4) is 0 Å². The molecule has 2 aromatic carbocycles. The molecular weight excluding hydrogens is 436 g/mol. The molecule has 0 atom stereocenters. The first-order chi connectivity index (χ1) is 14.9. The second kappa shape index (κ2) is 10.4. The Bertz CT molecular complexity index is 1160. The molecule has 31 heavy (non-hydrogen) atoms. The molecule has 0 radical (unpaired) electrons. The Kier molecular flexibility index (Phi) is 7.59. The molecule has 162 valence electrons. The van der Waals surface area contributed by atoms with E-state index < -0.39 is 11.2 Å². The second-order valence-corrected chi connectivity index (χ2v) is 8.53. The van der Waals surface area contributed by atoms with E-state index in [9.17, 15) is 14.4 Å². The van der Waals surface area contributed by atoms with Crippen LogP contribution in [0, 0.1) is 0 Å². The van der Waals surface area contributed by atoms with E-state index in [1.807, 2.05) is 54.6 Å². The molecule has 3 aromatic rings. The molecule has 0 saturated heterocycles. The minimum absolute atomic E-state index is 0.0223. The van der Waals surface area contributed by atoms with Gasteiger partial charge in [0.1, 0.15) is 5.82 Å². The summed E-state index contributed by atoms with van der Waals surface area (Å²) in [6.45, 7) is 0.190. The van der Waals surface area contributed by atoms with Crippen LogP contribution in [0.2, 0.25) is 5.02 Å². The van der Waals surface area contributed by atoms with Crippen molar-refractivity contribution >= 4 is 40.8 Å². The molecule has 1 heterocycles. The zero-order valence-electron chi connectivity index (χ0n) is 17.0. The number of anilines is 2. The Morgan fingerprint density at radius 3 is 2.48 bits per heavy atom. The average Bonchev–Trinajstić information content (AvgIpc) is 2.75. The van der Waals surface area contributed by atoms with Crippen molar-refractivity contribution in [1.82, 2.24) is 9.55 Å². The lowest BCUT2D eigenvalue weighted by atomic mass is 10.2. The number of nitrogens with two attached hydrogens (primary N) is 1. The van der Waals surface area contributed by atoms with Gasteiger partial charge in [-0.2, -0.15) is 0 Å². The largest absolute Gasteiger partial charge is 0.383 e. The molecule has 3 rings (SSSR count). The molecule has 9 heteroatoms. The van der Waals surface area contributed by atoms with Gasteiger partial charge in [-0.1, -0.05) is 41.9 Å². The lowest BCUT2D eigenvalue weighted by Crippen LogP contribution is -2.39. The van der Waals surface area contributed by atoms with Gasteiger partial charge in [0, 0.05) is 23.4 Å². The van der Waals surface area contributed by atoms with Crippen LogP contribution in [0.25, 0.3) is 0 Å². The SMILES string of the molecule is CN(C(=O)CCCSc1ccc(Cl)cc1)c1c(N)n(Cc2ccccc2)c(=O)[nH]c1=O. The number of nitrogen functional groups attached to an aromatic ring is 1. The molecule has 0 aliphatic carbocycles. The fourth-order valence-electron chi connectivity index (χ4n) is 3.06. The average molecular weight is 459 g/mol. The minimum Gasteiger partial charge on any atom is -0.383 e. The van der Waals surface area contributed by atoms with Crippen LogP contribution in [0.5, 0.6) is 0 Å². The highest BCUT2D eigenvalue weighted by Gasteiger charge is 2.20. The summed E-state index contributed by atoms with van der Waals surface area (Å²) in [6, 6.07) is 16.8. The van der Waals surface area contributed by atoms with E-state index in [-0.39, 0.29) is 30.4 Å². The minimum atomic E-state index is -0.682. The third kappa shape index (κ3) is 5.80. The predicted molar refractivity (Wildman–Crippen MR) is 126 cm³/mol. The monoisotopic (exact) mass is 458 g/mol. The number of amides is 1. The highest BCUT2D eigenvalue weighted by Crippen LogP contribution is 2.22. The van der Waals surface area contributed by atoms with Crippen molar-refractivity contribution in [2.75, 3.05) is 23.4 Å². The quantitative estimate of drug-likeness (QED) is 0.398. The van der Waals surface area contributed by atoms with Gasteiger partial charge >= 0.3 is 5.69 Å². The second-order valence-electron chi connectivity index (χ2n) is 6.92. The molecule has 0 aliphatic heterocycles. The number of hydrogen-bond donors (Lipinski definition) is 2. The van der Waals surface area contributed by atoms with Crippen molar-refractivity contribution in [2.24, 2.45) is 0 Å². The van der Waals surface area contributed by atoms with Crippen LogP contribution >= 0.6 is 23.4 Å². The van der Waals surface area contributed by atoms with Crippen LogP contribution in [-0.2, 0) is 11.3 Å². The van der Waals surface area contributed by atoms with E-state index in [1.54, 1.807) is 11.8 Å². The number of aromatic nitrogens is 2. The Labute approximate surface area is 188 Å². The van der Waals surface area contributed by atoms with Gasteiger partial charge < -0.3 is 10.6 Å². The maximum Gasteiger partial charge on any atom is 0.330 e. The van der Waals surface area contributed by atoms with Gasteiger partial charge in [-0.25, -0.2) is 4.79 Å². The highest BCUT2D eigenvalue weighted by atomic mass is 35.5. The summed E-state index contributed by atoms with van der Waals surface area (Å²) < 4.78 is 1.26. The van der Waals surface area contributed by atoms with E-state index in [2.05, 4.69) is 4.98 Å². The van der Waals surface area contributed by atoms with Crippen LogP contribution in [-0.4, -0.2) is 28.3 Å². The number of hydrogen-bond acceptors (Lipinski definition) is 5. The molecule has 0 spiro atoms. The van der Waals surface area contributed by atoms with Crippen LogP contribution in [0.3, 0.4) is 0 Å². The van der Waals surface area contributed by atoms with Crippen LogP contribution < -0.4 is 21.9 Å². The summed E-state index contributed by atoms with van der Waals surface area (Å²) in [7, 11) is 1.49. The number of carbonyl (C=O) groups excluding carboxylic acids is 1. The van der Waals surface area contributed by atoms with Gasteiger partial charge in [0.05, 0.1) is 6.54 Å². The van der Waals surface area contributed by atoms with Crippen molar-refractivity contribution in [2.45, 2.75) is 24.3 Å². The summed E-state index contributed by atoms with van der Waals surface area (Å²) in [5.41, 5.74) is 5.68. The van der Waals surface area contributed by atoms with E-state index >= 15 is 0 Å². The number of rotatable bonds is 8. The summed E-state index contributed by atoms with van der Waals surface area (Å²) in [6.07, 6.45) is 0.867. The third-order valence-electron chi connectivity index (χ3n) is 4.72. The lowest BCUT2D eigenvalue weighted by molar-refractivity contribution is -0.118. The molecule has 1 amide bonds. The molecule has 0 fully saturated rings. The first-order valence-corrected chi connectivity index (χ1v) is 11.0. The summed E-state index contributed by atoms with van der Waals surface area (Å²) in [5.74, 6) is 0.448. The number of carbonyl (C=O) groups is 1. The normalized spacial score (nSPS) is 10.8. The molecule has 0 aliphatic rings. The fourth-order valence-corrected chi connectivity index (χ4v) is 4.04. The summed E-state index contributed by atoms with van der Waals surface area (Å²) in [4.78, 5) is 41.9. The van der Waals surface area contributed by atoms with Crippen LogP contribution in [0.4, 0.5) is 11.5 Å². The smallest absolute Gasteiger partial charge is 0.330 e. The molecule has 0 unspecified atom stereocenters. The van der Waals surface area contributed by atoms with E-state index in [0.717, 1.165) is 16.2 Å². The van der Waals surface area contributed by atoms with Gasteiger partial charge in [-0.3, -0.25) is 19.1 Å². The van der Waals surface area contributed by atoms with Crippen molar-refractivity contribution in [1.29, 1.82) is 0 Å². The maximum atomic E-state index is 12.7. The number of halogens is 1. The number of thioether (sulfide) groups is 1. The topological polar surface area (TPSA) is 101 Å². The Hall–Kier alpha value is -2.97. The molecule has 3 N–H and O–H groups in total. The molecule has 0 bridgehead atoms. The molecule has 1 aromatic heterocycles. The zero-order valence-corrected chi connectivity index (χ0v) is 18.6. The number of aromatic amines is 1. The first-order valence-electron chi connectivity index (χ1n) is 9.68. The summed E-state index contributed by atoms with van der Waals surface area (Å²) >= 11 is 7.50. The lowest BCUT2D eigenvalue weighted by Gasteiger charge is -2.20. The Morgan fingerprint density at radius 2 is 1.81 bits per heavy atom. The Morgan fingerprint density at radius 1 is 1.13 bits per heavy atom. The van der Waals surface area contributed by atoms with Gasteiger partial charge in [0.25, 0.3) is 5.56 Å². The third-order valence-corrected chi connectivity index (χ3v) is 6.07. The standard InChI is InChI=1S/C22H23ClN4O3S/c1-26(18(28)8-5-13-31-17-11-9-16(23)10-12-17)19-20(24)27(22(30)25-21(19)29)14-15-6-3-2-4-7-15/h2-4,6-7,9-12H,5,8,13-14,24H2,1H3,(H,25,29,30). The van der Waals surface area contributed by atoms with Crippen molar-refractivity contribution in [3.63, 3.8) is 0 Å². The number of H-pyrrole nitrogens is 1. The molecular formula is C22H23ClN4O3S. The van der Waals surface area contributed by atoms with E-state index in [1.165, 1.54) is 16.5 Å². The number of benzene rings is 2. The molecule has 7 nitrogen and oxygen atoms in total. The number of nitrogens with zero attached hydrogens (tertiary/aromatic N) is 2. The maximum absolute atomic E-state index is 12.7. The Balaban J connectivity index is 1.68. The zero-order chi connectivity index (χ0) is 22.4. The fraction of sp³-hybridized carbons (Fsp3) is 0.227. The highest BCUT2D eigenvalue weighted by molar-refractivity contribution is 7.99. The predicted octanol–water partition coefficient (Wildman–Crippen LogP) is 3.36. The van der Waals surface area contributed by atoms with Crippen molar-refractivity contribution < 1.29 is 4.79 Å². The van der Waals surface area contributed by atoms with Gasteiger partial charge in [0.2, 0.25) is 5.91 Å². The van der Waals surface area contributed by atoms with Crippen LogP contribution in [0.15, 0.2) is 69.1 Å². The van der Waals surface area contributed by atoms with Gasteiger partial charge in [0.15, 0.2) is 5.69 Å². The van der Waals surface area contributed by atoms with Gasteiger partial charge in [-0.05, 0) is 42.0 Å². The molecule has 0 saturated carbocycles. The number of nitrogens with one attached hydrogen (secondary N) is 1. The van der Waals surface area contributed by atoms with Crippen LogP contribution in [0.1, 0.15) is 18.4 Å².